The summed E-state index contributed by atoms with van der Waals surface area (Å²) in [6, 6.07) is 4.19. The molecule has 0 N–H and O–H groups in total. The molecule has 0 aromatic heterocycles. The molecular weight excluding hydrogens is 283 g/mol. The minimum Gasteiger partial charge on any atom is -0.300 e. The molecule has 0 aliphatic carbocycles. The van der Waals surface area contributed by atoms with Gasteiger partial charge < -0.3 is 4.79 Å². The van der Waals surface area contributed by atoms with Crippen LogP contribution in [0.4, 0.5) is 0 Å². The monoisotopic (exact) mass is 294 g/mol. The van der Waals surface area contributed by atoms with E-state index < -0.39 is 9.84 Å². The Morgan fingerprint density at radius 2 is 1.88 bits per heavy atom. The molecule has 0 radical (unpaired) electrons. The average Bonchev–Trinajstić information content (AvgIpc) is 2.21. The van der Waals surface area contributed by atoms with Gasteiger partial charge in [-0.15, -0.1) is 0 Å². The van der Waals surface area contributed by atoms with Crippen molar-refractivity contribution in [1.29, 1.82) is 0 Å². The predicted molar refractivity (Wildman–Crippen MR) is 68.4 cm³/mol. The Kier molecular flexibility index (Phi) is 4.98. The first-order valence-corrected chi connectivity index (χ1v) is 7.41. The summed E-state index contributed by atoms with van der Waals surface area (Å²) in [6.07, 6.45) is 0.582. The van der Waals surface area contributed by atoms with Gasteiger partial charge in [0.05, 0.1) is 20.7 Å². The van der Waals surface area contributed by atoms with E-state index in [-0.39, 0.29) is 27.9 Å². The topological polar surface area (TPSA) is 51.2 Å². The normalized spacial score (nSPS) is 11.5. The van der Waals surface area contributed by atoms with Crippen molar-refractivity contribution < 1.29 is 13.2 Å². The highest BCUT2D eigenvalue weighted by Crippen LogP contribution is 2.25. The number of rotatable bonds is 5. The van der Waals surface area contributed by atoms with Crippen LogP contribution in [-0.2, 0) is 14.6 Å². The Morgan fingerprint density at radius 1 is 1.24 bits per heavy atom. The van der Waals surface area contributed by atoms with Crippen molar-refractivity contribution in [2.45, 2.75) is 24.7 Å². The molecule has 0 heterocycles. The van der Waals surface area contributed by atoms with Crippen molar-refractivity contribution in [3.63, 3.8) is 0 Å². The minimum atomic E-state index is -3.39. The third-order valence-corrected chi connectivity index (χ3v) is 4.73. The number of ketones is 1. The summed E-state index contributed by atoms with van der Waals surface area (Å²) in [7, 11) is -3.39. The molecule has 6 heteroatoms. The lowest BCUT2D eigenvalue weighted by Crippen LogP contribution is -2.08. The molecule has 0 fully saturated rings. The van der Waals surface area contributed by atoms with E-state index in [2.05, 4.69) is 0 Å². The highest BCUT2D eigenvalue weighted by molar-refractivity contribution is 7.91. The minimum absolute atomic E-state index is 0.0191. The Balaban J connectivity index is 2.82. The summed E-state index contributed by atoms with van der Waals surface area (Å²) in [5, 5.41) is 0.522. The van der Waals surface area contributed by atoms with Crippen LogP contribution in [0.15, 0.2) is 23.1 Å². The Labute approximate surface area is 111 Å². The number of benzene rings is 1. The third kappa shape index (κ3) is 4.30. The molecule has 0 saturated carbocycles. The SMILES string of the molecule is CC(=O)CCCS(=O)(=O)c1ccc(Cl)c(Cl)c1. The zero-order chi connectivity index (χ0) is 13.1. The molecule has 3 nitrogen and oxygen atoms in total. The van der Waals surface area contributed by atoms with Crippen LogP contribution in [-0.4, -0.2) is 20.0 Å². The molecule has 0 atom stereocenters. The maximum atomic E-state index is 11.9. The van der Waals surface area contributed by atoms with E-state index in [0.717, 1.165) is 0 Å². The van der Waals surface area contributed by atoms with Gasteiger partial charge in [-0.3, -0.25) is 0 Å². The fourth-order valence-corrected chi connectivity index (χ4v) is 2.99. The number of carbonyl (C=O) groups excluding carboxylic acids is 1. The van der Waals surface area contributed by atoms with E-state index >= 15 is 0 Å². The molecule has 0 spiro atoms. The molecule has 0 amide bonds. The Hall–Kier alpha value is -0.580. The van der Waals surface area contributed by atoms with Crippen LogP contribution in [0.5, 0.6) is 0 Å². The average molecular weight is 295 g/mol. The van der Waals surface area contributed by atoms with Crippen LogP contribution >= 0.6 is 23.2 Å². The molecule has 0 bridgehead atoms. The first kappa shape index (κ1) is 14.5. The molecule has 1 aromatic rings. The van der Waals surface area contributed by atoms with Gasteiger partial charge in [0.1, 0.15) is 5.78 Å². The highest BCUT2D eigenvalue weighted by atomic mass is 35.5. The predicted octanol–water partition coefficient (Wildman–Crippen LogP) is 3.14. The van der Waals surface area contributed by atoms with Gasteiger partial charge in [0.15, 0.2) is 9.84 Å². The van der Waals surface area contributed by atoms with E-state index in [4.69, 9.17) is 23.2 Å². The summed E-state index contributed by atoms with van der Waals surface area (Å²) in [5.41, 5.74) is 0. The van der Waals surface area contributed by atoms with Crippen LogP contribution in [0.1, 0.15) is 19.8 Å². The van der Waals surface area contributed by atoms with E-state index in [9.17, 15) is 13.2 Å². The standard InChI is InChI=1S/C11H12Cl2O3S/c1-8(14)3-2-6-17(15,16)9-4-5-10(12)11(13)7-9/h4-5,7H,2-3,6H2,1H3. The van der Waals surface area contributed by atoms with Crippen molar-refractivity contribution in [2.24, 2.45) is 0 Å². The van der Waals surface area contributed by atoms with Crippen molar-refractivity contribution in [3.05, 3.63) is 28.2 Å². The van der Waals surface area contributed by atoms with Gasteiger partial charge in [-0.1, -0.05) is 23.2 Å². The zero-order valence-electron chi connectivity index (χ0n) is 9.24. The van der Waals surface area contributed by atoms with Gasteiger partial charge >= 0.3 is 0 Å². The maximum Gasteiger partial charge on any atom is 0.178 e. The van der Waals surface area contributed by atoms with E-state index in [0.29, 0.717) is 11.4 Å². The second kappa shape index (κ2) is 5.85. The van der Waals surface area contributed by atoms with Crippen LogP contribution in [0.25, 0.3) is 0 Å². The van der Waals surface area contributed by atoms with E-state index in [1.54, 1.807) is 0 Å². The second-order valence-electron chi connectivity index (χ2n) is 3.70. The fraction of sp³-hybridized carbons (Fsp3) is 0.364. The van der Waals surface area contributed by atoms with Crippen molar-refractivity contribution >= 4 is 38.8 Å². The van der Waals surface area contributed by atoms with Crippen molar-refractivity contribution in [1.82, 2.24) is 0 Å². The van der Waals surface area contributed by atoms with E-state index in [1.807, 2.05) is 0 Å². The molecule has 94 valence electrons. The number of halogens is 2. The smallest absolute Gasteiger partial charge is 0.178 e. The van der Waals surface area contributed by atoms with Crippen LogP contribution in [0.3, 0.4) is 0 Å². The quantitative estimate of drug-likeness (QED) is 0.838. The second-order valence-corrected chi connectivity index (χ2v) is 6.62. The van der Waals surface area contributed by atoms with Crippen molar-refractivity contribution in [3.8, 4) is 0 Å². The van der Waals surface area contributed by atoms with Gasteiger partial charge in [0.2, 0.25) is 0 Å². The third-order valence-electron chi connectivity index (χ3n) is 2.19. The summed E-state index contributed by atoms with van der Waals surface area (Å²) >= 11 is 11.5. The van der Waals surface area contributed by atoms with Gasteiger partial charge in [0, 0.05) is 6.42 Å². The highest BCUT2D eigenvalue weighted by Gasteiger charge is 2.15. The van der Waals surface area contributed by atoms with Gasteiger partial charge in [-0.25, -0.2) is 8.42 Å². The van der Waals surface area contributed by atoms with Crippen LogP contribution < -0.4 is 0 Å². The van der Waals surface area contributed by atoms with Gasteiger partial charge in [-0.2, -0.15) is 0 Å². The van der Waals surface area contributed by atoms with Crippen LogP contribution in [0, 0.1) is 0 Å². The summed E-state index contributed by atoms with van der Waals surface area (Å²) in [5.74, 6) is -0.0841. The largest absolute Gasteiger partial charge is 0.300 e. The first-order chi connectivity index (χ1) is 7.83. The number of Topliss-reactive ketones (excluding diaryl/α,β-unsaturated/α-hetero) is 1. The lowest BCUT2D eigenvalue weighted by atomic mass is 10.3. The molecule has 1 aromatic carbocycles. The molecule has 0 saturated heterocycles. The van der Waals surface area contributed by atoms with Gasteiger partial charge in [-0.05, 0) is 31.5 Å². The fourth-order valence-electron chi connectivity index (χ4n) is 1.30. The molecular formula is C11H12Cl2O3S. The van der Waals surface area contributed by atoms with Crippen LogP contribution in [0.2, 0.25) is 10.0 Å². The number of sulfone groups is 1. The molecule has 0 unspecified atom stereocenters. The van der Waals surface area contributed by atoms with Gasteiger partial charge in [0.25, 0.3) is 0 Å². The van der Waals surface area contributed by atoms with E-state index in [1.165, 1.54) is 25.1 Å². The van der Waals surface area contributed by atoms with Crippen molar-refractivity contribution in [2.75, 3.05) is 5.75 Å². The molecule has 0 aliphatic rings. The summed E-state index contributed by atoms with van der Waals surface area (Å²) in [6.45, 7) is 1.44. The zero-order valence-corrected chi connectivity index (χ0v) is 11.6. The molecule has 1 rings (SSSR count). The first-order valence-electron chi connectivity index (χ1n) is 5.00. The number of hydrogen-bond acceptors (Lipinski definition) is 3. The Bertz CT molecular complexity index is 524. The number of hydrogen-bond donors (Lipinski definition) is 0. The summed E-state index contributed by atoms with van der Waals surface area (Å²) < 4.78 is 23.7. The maximum absolute atomic E-state index is 11.9. The number of carbonyl (C=O) groups is 1. The lowest BCUT2D eigenvalue weighted by Gasteiger charge is -2.05. The lowest BCUT2D eigenvalue weighted by molar-refractivity contribution is -0.117. The molecule has 17 heavy (non-hydrogen) atoms. The summed E-state index contributed by atoms with van der Waals surface area (Å²) in [4.78, 5) is 10.9. The Morgan fingerprint density at radius 3 is 2.41 bits per heavy atom. The molecule has 0 aliphatic heterocycles.